The Morgan fingerprint density at radius 2 is 2.45 bits per heavy atom. The van der Waals surface area contributed by atoms with Gasteiger partial charge in [0.15, 0.2) is 0 Å². The highest BCUT2D eigenvalue weighted by atomic mass is 16.6. The molecule has 2 heterocycles. The smallest absolute Gasteiger partial charge is 0.103 e. The number of ether oxygens (including phenoxy) is 2. The molecule has 62 valence electrons. The van der Waals surface area contributed by atoms with E-state index in [1.54, 1.807) is 0 Å². The highest BCUT2D eigenvalue weighted by Gasteiger charge is 2.37. The first kappa shape index (κ1) is 7.28. The lowest BCUT2D eigenvalue weighted by Crippen LogP contribution is -2.25. The minimum atomic E-state index is 0.201. The maximum atomic E-state index is 5.50. The molecule has 0 aromatic rings. The third-order valence-electron chi connectivity index (χ3n) is 2.13. The fourth-order valence-electron chi connectivity index (χ4n) is 1.62. The van der Waals surface area contributed by atoms with Gasteiger partial charge in [0.05, 0.1) is 18.8 Å². The quantitative estimate of drug-likeness (QED) is 0.586. The highest BCUT2D eigenvalue weighted by molar-refractivity contribution is 5.11. The SMILES string of the molecule is NCCOC1CC2C=CC1O2. The Kier molecular flexibility index (Phi) is 1.94. The second kappa shape index (κ2) is 2.93. The van der Waals surface area contributed by atoms with Gasteiger partial charge in [0, 0.05) is 13.0 Å². The van der Waals surface area contributed by atoms with E-state index in [1.165, 1.54) is 0 Å². The van der Waals surface area contributed by atoms with Crippen LogP contribution in [0, 0.1) is 0 Å². The molecule has 0 radical (unpaired) electrons. The monoisotopic (exact) mass is 155 g/mol. The van der Waals surface area contributed by atoms with Crippen LogP contribution in [0.1, 0.15) is 6.42 Å². The zero-order chi connectivity index (χ0) is 7.68. The van der Waals surface area contributed by atoms with Crippen LogP contribution in [0.2, 0.25) is 0 Å². The molecule has 3 heteroatoms. The molecule has 11 heavy (non-hydrogen) atoms. The molecule has 1 saturated heterocycles. The Morgan fingerprint density at radius 3 is 3.00 bits per heavy atom. The van der Waals surface area contributed by atoms with Crippen LogP contribution in [0.4, 0.5) is 0 Å². The molecule has 0 aromatic carbocycles. The zero-order valence-corrected chi connectivity index (χ0v) is 6.40. The molecule has 0 aliphatic carbocycles. The summed E-state index contributed by atoms with van der Waals surface area (Å²) in [7, 11) is 0. The van der Waals surface area contributed by atoms with E-state index in [4.69, 9.17) is 15.2 Å². The van der Waals surface area contributed by atoms with Crippen molar-refractivity contribution in [1.29, 1.82) is 0 Å². The molecule has 1 fully saturated rings. The van der Waals surface area contributed by atoms with Gasteiger partial charge in [-0.05, 0) is 0 Å². The summed E-state index contributed by atoms with van der Waals surface area (Å²) in [4.78, 5) is 0. The molecule has 2 N–H and O–H groups in total. The predicted molar refractivity (Wildman–Crippen MR) is 41.2 cm³/mol. The minimum Gasteiger partial charge on any atom is -0.374 e. The van der Waals surface area contributed by atoms with E-state index < -0.39 is 0 Å². The fourth-order valence-corrected chi connectivity index (χ4v) is 1.62. The van der Waals surface area contributed by atoms with Gasteiger partial charge in [-0.1, -0.05) is 12.2 Å². The maximum absolute atomic E-state index is 5.50. The lowest BCUT2D eigenvalue weighted by Gasteiger charge is -2.15. The van der Waals surface area contributed by atoms with Crippen molar-refractivity contribution < 1.29 is 9.47 Å². The number of fused-ring (bicyclic) bond motifs is 2. The van der Waals surface area contributed by atoms with E-state index in [2.05, 4.69) is 12.2 Å². The minimum absolute atomic E-state index is 0.201. The molecular formula is C8H13NO2. The first-order valence-corrected chi connectivity index (χ1v) is 4.05. The van der Waals surface area contributed by atoms with Crippen molar-refractivity contribution in [2.45, 2.75) is 24.7 Å². The normalized spacial score (nSPS) is 40.3. The molecule has 3 nitrogen and oxygen atoms in total. The Bertz CT molecular complexity index is 169. The van der Waals surface area contributed by atoms with E-state index in [0.717, 1.165) is 6.42 Å². The Hall–Kier alpha value is -0.380. The van der Waals surface area contributed by atoms with Crippen LogP contribution in [-0.2, 0) is 9.47 Å². The topological polar surface area (TPSA) is 44.5 Å². The van der Waals surface area contributed by atoms with Gasteiger partial charge in [-0.3, -0.25) is 0 Å². The van der Waals surface area contributed by atoms with Crippen LogP contribution in [-0.4, -0.2) is 31.5 Å². The van der Waals surface area contributed by atoms with Crippen LogP contribution in [0.25, 0.3) is 0 Å². The molecule has 0 amide bonds. The molecule has 0 saturated carbocycles. The van der Waals surface area contributed by atoms with Gasteiger partial charge < -0.3 is 15.2 Å². The van der Waals surface area contributed by atoms with Crippen LogP contribution in [0.5, 0.6) is 0 Å². The van der Waals surface area contributed by atoms with E-state index in [9.17, 15) is 0 Å². The lowest BCUT2D eigenvalue weighted by molar-refractivity contribution is 0.0164. The third kappa shape index (κ3) is 1.31. The number of hydrogen-bond acceptors (Lipinski definition) is 3. The molecule has 2 aliphatic rings. The highest BCUT2D eigenvalue weighted by Crippen LogP contribution is 2.30. The number of hydrogen-bond donors (Lipinski definition) is 1. The fraction of sp³-hybridized carbons (Fsp3) is 0.750. The van der Waals surface area contributed by atoms with Gasteiger partial charge in [0.1, 0.15) is 6.10 Å². The predicted octanol–water partition coefficient (Wildman–Crippen LogP) is 0.0576. The summed E-state index contributed by atoms with van der Waals surface area (Å²) in [6, 6.07) is 0. The first-order valence-electron chi connectivity index (χ1n) is 4.05. The summed E-state index contributed by atoms with van der Waals surface area (Å²) in [5.74, 6) is 0. The first-order chi connectivity index (χ1) is 5.40. The van der Waals surface area contributed by atoms with Crippen LogP contribution in [0.15, 0.2) is 12.2 Å². The Labute approximate surface area is 66.2 Å². The lowest BCUT2D eigenvalue weighted by atomic mass is 10.1. The van der Waals surface area contributed by atoms with E-state index >= 15 is 0 Å². The second-order valence-corrected chi connectivity index (χ2v) is 2.96. The van der Waals surface area contributed by atoms with Gasteiger partial charge in [-0.2, -0.15) is 0 Å². The van der Waals surface area contributed by atoms with Crippen molar-refractivity contribution in [1.82, 2.24) is 0 Å². The Morgan fingerprint density at radius 1 is 1.55 bits per heavy atom. The van der Waals surface area contributed by atoms with Gasteiger partial charge in [-0.15, -0.1) is 0 Å². The van der Waals surface area contributed by atoms with Crippen molar-refractivity contribution in [3.8, 4) is 0 Å². The second-order valence-electron chi connectivity index (χ2n) is 2.96. The van der Waals surface area contributed by atoms with Crippen molar-refractivity contribution in [3.63, 3.8) is 0 Å². The molecule has 0 spiro atoms. The van der Waals surface area contributed by atoms with E-state index in [0.29, 0.717) is 19.3 Å². The largest absolute Gasteiger partial charge is 0.374 e. The van der Waals surface area contributed by atoms with Crippen LogP contribution in [0.3, 0.4) is 0 Å². The molecular weight excluding hydrogens is 142 g/mol. The standard InChI is InChI=1S/C8H13NO2/c9-3-4-10-8-5-6-1-2-7(8)11-6/h1-2,6-8H,3-5,9H2. The van der Waals surface area contributed by atoms with Gasteiger partial charge >= 0.3 is 0 Å². The molecule has 0 aromatic heterocycles. The molecule has 2 aliphatic heterocycles. The molecule has 3 atom stereocenters. The van der Waals surface area contributed by atoms with Crippen molar-refractivity contribution in [2.24, 2.45) is 5.73 Å². The van der Waals surface area contributed by atoms with Crippen LogP contribution < -0.4 is 5.73 Å². The summed E-state index contributed by atoms with van der Waals surface area (Å²) in [5.41, 5.74) is 5.32. The third-order valence-corrected chi connectivity index (χ3v) is 2.13. The molecule has 2 rings (SSSR count). The maximum Gasteiger partial charge on any atom is 0.103 e. The van der Waals surface area contributed by atoms with E-state index in [-0.39, 0.29) is 12.2 Å². The average Bonchev–Trinajstić information content (AvgIpc) is 2.60. The van der Waals surface area contributed by atoms with Crippen molar-refractivity contribution in [2.75, 3.05) is 13.2 Å². The number of rotatable bonds is 3. The Balaban J connectivity index is 1.84. The van der Waals surface area contributed by atoms with Crippen LogP contribution >= 0.6 is 0 Å². The number of nitrogens with two attached hydrogens (primary N) is 1. The average molecular weight is 155 g/mol. The summed E-state index contributed by atoms with van der Waals surface area (Å²) in [6.07, 6.45) is 5.95. The molecule has 2 bridgehead atoms. The van der Waals surface area contributed by atoms with Gasteiger partial charge in [-0.25, -0.2) is 0 Å². The van der Waals surface area contributed by atoms with Crippen molar-refractivity contribution in [3.05, 3.63) is 12.2 Å². The summed E-state index contributed by atoms with van der Waals surface area (Å²) >= 11 is 0. The van der Waals surface area contributed by atoms with Gasteiger partial charge in [0.25, 0.3) is 0 Å². The summed E-state index contributed by atoms with van der Waals surface area (Å²) < 4.78 is 11.0. The van der Waals surface area contributed by atoms with Gasteiger partial charge in [0.2, 0.25) is 0 Å². The molecule has 3 unspecified atom stereocenters. The van der Waals surface area contributed by atoms with Crippen molar-refractivity contribution >= 4 is 0 Å². The summed E-state index contributed by atoms with van der Waals surface area (Å²) in [5, 5.41) is 0. The summed E-state index contributed by atoms with van der Waals surface area (Å²) in [6.45, 7) is 1.24. The van der Waals surface area contributed by atoms with E-state index in [1.807, 2.05) is 0 Å². The zero-order valence-electron chi connectivity index (χ0n) is 6.40.